The first-order valence-electron chi connectivity index (χ1n) is 6.11. The molecule has 0 spiro atoms. The number of amides is 1. The Bertz CT molecular complexity index is 481. The summed E-state index contributed by atoms with van der Waals surface area (Å²) in [7, 11) is 0. The second kappa shape index (κ2) is 6.01. The third kappa shape index (κ3) is 3.33. The van der Waals surface area contributed by atoms with Gasteiger partial charge in [-0.15, -0.1) is 0 Å². The summed E-state index contributed by atoms with van der Waals surface area (Å²) in [6.45, 7) is 1.29. The fourth-order valence-corrected chi connectivity index (χ4v) is 2.64. The summed E-state index contributed by atoms with van der Waals surface area (Å²) in [5.74, 6) is 0.182. The van der Waals surface area contributed by atoms with Gasteiger partial charge in [0.1, 0.15) is 0 Å². The Balaban J connectivity index is 1.93. The standard InChI is InChI=1S/C14H15BrN2O/c15-13-3-1-2-11(8-13)6-7-17-10-12(9-16)4-5-14(17)18/h1-3,8,12H,4-7,10H2. The van der Waals surface area contributed by atoms with Crippen LogP contribution in [0.2, 0.25) is 0 Å². The number of nitriles is 1. The quantitative estimate of drug-likeness (QED) is 0.862. The van der Waals surface area contributed by atoms with Crippen molar-refractivity contribution in [3.63, 3.8) is 0 Å². The molecule has 1 fully saturated rings. The van der Waals surface area contributed by atoms with Gasteiger partial charge in [0.25, 0.3) is 0 Å². The van der Waals surface area contributed by atoms with Crippen molar-refractivity contribution in [1.82, 2.24) is 4.90 Å². The third-order valence-electron chi connectivity index (χ3n) is 3.24. The molecule has 0 aromatic heterocycles. The lowest BCUT2D eigenvalue weighted by atomic mass is 9.98. The molecule has 0 saturated carbocycles. The minimum Gasteiger partial charge on any atom is -0.341 e. The Morgan fingerprint density at radius 1 is 1.50 bits per heavy atom. The van der Waals surface area contributed by atoms with Crippen LogP contribution in [0.25, 0.3) is 0 Å². The van der Waals surface area contributed by atoms with E-state index in [4.69, 9.17) is 5.26 Å². The van der Waals surface area contributed by atoms with Gasteiger partial charge < -0.3 is 4.90 Å². The first-order valence-corrected chi connectivity index (χ1v) is 6.90. The molecule has 1 saturated heterocycles. The zero-order valence-corrected chi connectivity index (χ0v) is 11.7. The molecule has 0 radical (unpaired) electrons. The van der Waals surface area contributed by atoms with Crippen LogP contribution in [0.1, 0.15) is 18.4 Å². The van der Waals surface area contributed by atoms with Crippen LogP contribution >= 0.6 is 15.9 Å². The van der Waals surface area contributed by atoms with Crippen LogP contribution in [-0.4, -0.2) is 23.9 Å². The Morgan fingerprint density at radius 2 is 2.33 bits per heavy atom. The number of carbonyl (C=O) groups is 1. The predicted molar refractivity (Wildman–Crippen MR) is 72.8 cm³/mol. The van der Waals surface area contributed by atoms with E-state index in [0.717, 1.165) is 10.9 Å². The smallest absolute Gasteiger partial charge is 0.222 e. The second-order valence-electron chi connectivity index (χ2n) is 4.58. The summed E-state index contributed by atoms with van der Waals surface area (Å²) in [6, 6.07) is 10.4. The highest BCUT2D eigenvalue weighted by molar-refractivity contribution is 9.10. The van der Waals surface area contributed by atoms with E-state index >= 15 is 0 Å². The molecule has 0 aliphatic carbocycles. The van der Waals surface area contributed by atoms with Crippen molar-refractivity contribution >= 4 is 21.8 Å². The van der Waals surface area contributed by atoms with Crippen LogP contribution in [0.4, 0.5) is 0 Å². The van der Waals surface area contributed by atoms with Crippen molar-refractivity contribution in [2.45, 2.75) is 19.3 Å². The van der Waals surface area contributed by atoms with E-state index in [1.54, 1.807) is 0 Å². The van der Waals surface area contributed by atoms with Gasteiger partial charge in [0.2, 0.25) is 5.91 Å². The highest BCUT2D eigenvalue weighted by Crippen LogP contribution is 2.18. The Labute approximate surface area is 116 Å². The maximum absolute atomic E-state index is 11.8. The van der Waals surface area contributed by atoms with Crippen molar-refractivity contribution < 1.29 is 4.79 Å². The fraction of sp³-hybridized carbons (Fsp3) is 0.429. The monoisotopic (exact) mass is 306 g/mol. The normalized spacial score (nSPS) is 19.7. The largest absolute Gasteiger partial charge is 0.341 e. The number of halogens is 1. The van der Waals surface area contributed by atoms with Gasteiger partial charge in [0.15, 0.2) is 0 Å². The fourth-order valence-electron chi connectivity index (χ4n) is 2.19. The molecule has 18 heavy (non-hydrogen) atoms. The van der Waals surface area contributed by atoms with E-state index in [1.165, 1.54) is 5.56 Å². The van der Waals surface area contributed by atoms with Gasteiger partial charge in [-0.25, -0.2) is 0 Å². The minimum absolute atomic E-state index is 0.00482. The van der Waals surface area contributed by atoms with E-state index in [1.807, 2.05) is 17.0 Å². The number of likely N-dealkylation sites (tertiary alicyclic amines) is 1. The first-order chi connectivity index (χ1) is 8.69. The van der Waals surface area contributed by atoms with Gasteiger partial charge in [0, 0.05) is 24.0 Å². The third-order valence-corrected chi connectivity index (χ3v) is 3.74. The first kappa shape index (κ1) is 13.1. The number of carbonyl (C=O) groups excluding carboxylic acids is 1. The lowest BCUT2D eigenvalue weighted by molar-refractivity contribution is -0.134. The molecule has 1 aromatic rings. The molecule has 1 amide bonds. The topological polar surface area (TPSA) is 44.1 Å². The van der Waals surface area contributed by atoms with Crippen LogP contribution in [0.5, 0.6) is 0 Å². The van der Waals surface area contributed by atoms with Crippen LogP contribution in [0.3, 0.4) is 0 Å². The molecule has 0 bridgehead atoms. The summed E-state index contributed by atoms with van der Waals surface area (Å²) < 4.78 is 1.06. The predicted octanol–water partition coefficient (Wildman–Crippen LogP) is 2.75. The SMILES string of the molecule is N#CC1CCC(=O)N(CCc2cccc(Br)c2)C1. The summed E-state index contributed by atoms with van der Waals surface area (Å²) in [4.78, 5) is 13.6. The minimum atomic E-state index is 0.00482. The van der Waals surface area contributed by atoms with Gasteiger partial charge in [-0.3, -0.25) is 4.79 Å². The molecule has 1 atom stereocenters. The number of benzene rings is 1. The lowest BCUT2D eigenvalue weighted by Gasteiger charge is -2.29. The molecule has 94 valence electrons. The highest BCUT2D eigenvalue weighted by atomic mass is 79.9. The van der Waals surface area contributed by atoms with Crippen molar-refractivity contribution in [2.75, 3.05) is 13.1 Å². The van der Waals surface area contributed by atoms with E-state index < -0.39 is 0 Å². The van der Waals surface area contributed by atoms with Gasteiger partial charge in [-0.2, -0.15) is 5.26 Å². The van der Waals surface area contributed by atoms with Crippen LogP contribution in [0.15, 0.2) is 28.7 Å². The van der Waals surface area contributed by atoms with Crippen LogP contribution < -0.4 is 0 Å². The van der Waals surface area contributed by atoms with E-state index in [-0.39, 0.29) is 11.8 Å². The molecule has 1 heterocycles. The Hall–Kier alpha value is -1.34. The maximum atomic E-state index is 11.8. The lowest BCUT2D eigenvalue weighted by Crippen LogP contribution is -2.40. The molecular weight excluding hydrogens is 292 g/mol. The van der Waals surface area contributed by atoms with E-state index in [0.29, 0.717) is 25.9 Å². The number of piperidine rings is 1. The van der Waals surface area contributed by atoms with E-state index in [2.05, 4.69) is 34.1 Å². The molecule has 1 aliphatic rings. The summed E-state index contributed by atoms with van der Waals surface area (Å²) in [6.07, 6.45) is 2.06. The van der Waals surface area contributed by atoms with Gasteiger partial charge >= 0.3 is 0 Å². The molecule has 3 nitrogen and oxygen atoms in total. The zero-order valence-electron chi connectivity index (χ0n) is 10.1. The van der Waals surface area contributed by atoms with Gasteiger partial charge in [-0.05, 0) is 30.5 Å². The van der Waals surface area contributed by atoms with E-state index in [9.17, 15) is 4.79 Å². The molecule has 2 rings (SSSR count). The number of rotatable bonds is 3. The molecule has 1 unspecified atom stereocenters. The maximum Gasteiger partial charge on any atom is 0.222 e. The molecule has 1 aliphatic heterocycles. The molecule has 4 heteroatoms. The summed E-state index contributed by atoms with van der Waals surface area (Å²) in [5, 5.41) is 8.92. The average molecular weight is 307 g/mol. The molecular formula is C14H15BrN2O. The van der Waals surface area contributed by atoms with Crippen molar-refractivity contribution in [2.24, 2.45) is 5.92 Å². The van der Waals surface area contributed by atoms with Crippen molar-refractivity contribution in [1.29, 1.82) is 5.26 Å². The zero-order chi connectivity index (χ0) is 13.0. The summed E-state index contributed by atoms with van der Waals surface area (Å²) in [5.41, 5.74) is 1.20. The van der Waals surface area contributed by atoms with Gasteiger partial charge in [-0.1, -0.05) is 28.1 Å². The highest BCUT2D eigenvalue weighted by Gasteiger charge is 2.24. The Morgan fingerprint density at radius 3 is 3.06 bits per heavy atom. The number of nitrogens with zero attached hydrogens (tertiary/aromatic N) is 2. The van der Waals surface area contributed by atoms with Crippen LogP contribution in [-0.2, 0) is 11.2 Å². The average Bonchev–Trinajstić information content (AvgIpc) is 2.38. The Kier molecular flexibility index (Phi) is 4.38. The number of hydrogen-bond donors (Lipinski definition) is 0. The van der Waals surface area contributed by atoms with Crippen LogP contribution in [0, 0.1) is 17.2 Å². The summed E-state index contributed by atoms with van der Waals surface area (Å²) >= 11 is 3.44. The van der Waals surface area contributed by atoms with Gasteiger partial charge in [0.05, 0.1) is 12.0 Å². The molecule has 1 aromatic carbocycles. The second-order valence-corrected chi connectivity index (χ2v) is 5.50. The van der Waals surface area contributed by atoms with Crippen molar-refractivity contribution in [3.8, 4) is 6.07 Å². The molecule has 0 N–H and O–H groups in total. The van der Waals surface area contributed by atoms with Crippen molar-refractivity contribution in [3.05, 3.63) is 34.3 Å². The number of hydrogen-bond acceptors (Lipinski definition) is 2.